The zero-order valence-electron chi connectivity index (χ0n) is 11.5. The van der Waals surface area contributed by atoms with Crippen molar-refractivity contribution in [2.75, 3.05) is 4.72 Å². The Balaban J connectivity index is 2.15. The van der Waals surface area contributed by atoms with Gasteiger partial charge in [0, 0.05) is 11.8 Å². The Kier molecular flexibility index (Phi) is 4.92. The van der Waals surface area contributed by atoms with E-state index >= 15 is 0 Å². The van der Waals surface area contributed by atoms with E-state index in [2.05, 4.69) is 9.56 Å². The van der Waals surface area contributed by atoms with Crippen LogP contribution in [0.5, 0.6) is 0 Å². The van der Waals surface area contributed by atoms with Gasteiger partial charge in [-0.25, -0.2) is 13.2 Å². The summed E-state index contributed by atoms with van der Waals surface area (Å²) in [6.07, 6.45) is 2.61. The Bertz CT molecular complexity index is 769. The average Bonchev–Trinajstić information content (AvgIpc) is 2.53. The number of benzene rings is 2. The summed E-state index contributed by atoms with van der Waals surface area (Å²) in [7, 11) is -3.65. The van der Waals surface area contributed by atoms with Crippen LogP contribution in [-0.4, -0.2) is 14.4 Å². The van der Waals surface area contributed by atoms with Crippen molar-refractivity contribution in [1.29, 1.82) is 0 Å². The predicted molar refractivity (Wildman–Crippen MR) is 83.0 cm³/mol. The maximum absolute atomic E-state index is 12.2. The van der Waals surface area contributed by atoms with E-state index in [1.807, 2.05) is 0 Å². The minimum atomic E-state index is -3.65. The fraction of sp³-hybridized carbons (Fsp3) is 0. The Morgan fingerprint density at radius 3 is 2.27 bits per heavy atom. The molecule has 2 aromatic carbocycles. The molecule has 0 fully saturated rings. The average molecular weight is 318 g/mol. The van der Waals surface area contributed by atoms with Crippen LogP contribution in [0.3, 0.4) is 0 Å². The monoisotopic (exact) mass is 318 g/mol. The van der Waals surface area contributed by atoms with Crippen LogP contribution in [0.1, 0.15) is 5.56 Å². The second kappa shape index (κ2) is 6.88. The molecular formula is C15H14N2O4S. The summed E-state index contributed by atoms with van der Waals surface area (Å²) in [4.78, 5) is 15.0. The minimum absolute atomic E-state index is 0.120. The molecule has 114 valence electrons. The molecular weight excluding hydrogens is 304 g/mol. The summed E-state index contributed by atoms with van der Waals surface area (Å²) >= 11 is 0. The molecule has 0 aliphatic heterocycles. The second-order valence-electron chi connectivity index (χ2n) is 4.31. The molecule has 0 amide bonds. The molecule has 22 heavy (non-hydrogen) atoms. The first-order chi connectivity index (χ1) is 10.5. The normalized spacial score (nSPS) is 11.3. The van der Waals surface area contributed by atoms with Crippen LogP contribution < -0.4 is 10.6 Å². The van der Waals surface area contributed by atoms with E-state index in [1.165, 1.54) is 18.2 Å². The molecule has 3 N–H and O–H groups in total. The van der Waals surface area contributed by atoms with E-state index in [9.17, 15) is 13.2 Å². The lowest BCUT2D eigenvalue weighted by atomic mass is 10.2. The standard InChI is InChI=1S/C15H14N2O4S/c16-21-15(18)11-8-12-6-9-14(10-7-12)22(19,20)17-13-4-2-1-3-5-13/h1-11,17H,16H2. The molecule has 0 unspecified atom stereocenters. The maximum Gasteiger partial charge on any atom is 0.349 e. The van der Waals surface area contributed by atoms with Gasteiger partial charge >= 0.3 is 5.97 Å². The number of rotatable bonds is 5. The lowest BCUT2D eigenvalue weighted by Crippen LogP contribution is -2.12. The molecule has 0 bridgehead atoms. The van der Waals surface area contributed by atoms with Gasteiger partial charge in [-0.05, 0) is 35.9 Å². The summed E-state index contributed by atoms with van der Waals surface area (Å²) in [5, 5.41) is 0. The first-order valence-electron chi connectivity index (χ1n) is 6.28. The zero-order chi connectivity index (χ0) is 16.0. The number of carbonyl (C=O) groups excluding carboxylic acids is 1. The molecule has 0 aromatic heterocycles. The topological polar surface area (TPSA) is 98.5 Å². The van der Waals surface area contributed by atoms with E-state index in [1.54, 1.807) is 42.5 Å². The maximum atomic E-state index is 12.2. The van der Waals surface area contributed by atoms with Crippen LogP contribution in [0, 0.1) is 0 Å². The van der Waals surface area contributed by atoms with Crippen LogP contribution >= 0.6 is 0 Å². The number of hydrogen-bond acceptors (Lipinski definition) is 5. The van der Waals surface area contributed by atoms with Gasteiger partial charge in [0.25, 0.3) is 10.0 Å². The Morgan fingerprint density at radius 2 is 1.68 bits per heavy atom. The summed E-state index contributed by atoms with van der Waals surface area (Å²) in [6, 6.07) is 14.6. The van der Waals surface area contributed by atoms with Gasteiger partial charge in [-0.3, -0.25) is 4.72 Å². The van der Waals surface area contributed by atoms with Gasteiger partial charge in [-0.2, -0.15) is 5.90 Å². The van der Waals surface area contributed by atoms with Crippen molar-refractivity contribution in [1.82, 2.24) is 0 Å². The van der Waals surface area contributed by atoms with E-state index < -0.39 is 16.0 Å². The van der Waals surface area contributed by atoms with Crippen LogP contribution in [-0.2, 0) is 19.7 Å². The first kappa shape index (κ1) is 15.7. The molecule has 0 saturated heterocycles. The molecule has 0 atom stereocenters. The van der Waals surface area contributed by atoms with Crippen LogP contribution in [0.25, 0.3) is 6.08 Å². The lowest BCUT2D eigenvalue weighted by Gasteiger charge is -2.08. The molecule has 0 aliphatic rings. The molecule has 0 heterocycles. The molecule has 2 aromatic rings. The van der Waals surface area contributed by atoms with Crippen molar-refractivity contribution in [3.63, 3.8) is 0 Å². The number of sulfonamides is 1. The molecule has 2 rings (SSSR count). The number of nitrogens with one attached hydrogen (secondary N) is 1. The summed E-state index contributed by atoms with van der Waals surface area (Å²) in [5.41, 5.74) is 1.13. The third kappa shape index (κ3) is 4.18. The van der Waals surface area contributed by atoms with Crippen LogP contribution in [0.2, 0.25) is 0 Å². The summed E-state index contributed by atoms with van der Waals surface area (Å²) in [6.45, 7) is 0. The van der Waals surface area contributed by atoms with E-state index in [-0.39, 0.29) is 4.90 Å². The van der Waals surface area contributed by atoms with Gasteiger partial charge in [0.15, 0.2) is 0 Å². The smallest absolute Gasteiger partial charge is 0.349 e. The molecule has 6 nitrogen and oxygen atoms in total. The van der Waals surface area contributed by atoms with Crippen molar-refractivity contribution in [3.05, 3.63) is 66.2 Å². The van der Waals surface area contributed by atoms with Crippen molar-refractivity contribution in [2.24, 2.45) is 5.90 Å². The van der Waals surface area contributed by atoms with Crippen molar-refractivity contribution < 1.29 is 18.0 Å². The van der Waals surface area contributed by atoms with Crippen molar-refractivity contribution in [2.45, 2.75) is 4.90 Å². The van der Waals surface area contributed by atoms with E-state index in [0.717, 1.165) is 6.08 Å². The highest BCUT2D eigenvalue weighted by atomic mass is 32.2. The number of nitrogens with two attached hydrogens (primary N) is 1. The molecule has 0 saturated carbocycles. The highest BCUT2D eigenvalue weighted by molar-refractivity contribution is 7.92. The third-order valence-corrected chi connectivity index (χ3v) is 4.14. The number of anilines is 1. The number of carbonyl (C=O) groups is 1. The minimum Gasteiger partial charge on any atom is -0.370 e. The predicted octanol–water partition coefficient (Wildman–Crippen LogP) is 1.92. The fourth-order valence-electron chi connectivity index (χ4n) is 1.68. The highest BCUT2D eigenvalue weighted by Gasteiger charge is 2.13. The van der Waals surface area contributed by atoms with Gasteiger partial charge in [0.2, 0.25) is 0 Å². The molecule has 7 heteroatoms. The van der Waals surface area contributed by atoms with Crippen LogP contribution in [0.15, 0.2) is 65.6 Å². The summed E-state index contributed by atoms with van der Waals surface area (Å²) < 4.78 is 26.9. The van der Waals surface area contributed by atoms with Crippen molar-refractivity contribution in [3.8, 4) is 0 Å². The fourth-order valence-corrected chi connectivity index (χ4v) is 2.74. The summed E-state index contributed by atoms with van der Waals surface area (Å²) in [5.74, 6) is 4.01. The molecule has 0 radical (unpaired) electrons. The number of para-hydroxylation sites is 1. The second-order valence-corrected chi connectivity index (χ2v) is 5.99. The van der Waals surface area contributed by atoms with Gasteiger partial charge < -0.3 is 4.84 Å². The third-order valence-electron chi connectivity index (χ3n) is 2.74. The van der Waals surface area contributed by atoms with Crippen molar-refractivity contribution >= 4 is 27.8 Å². The number of hydrogen-bond donors (Lipinski definition) is 2. The van der Waals surface area contributed by atoms with E-state index in [4.69, 9.17) is 5.90 Å². The van der Waals surface area contributed by atoms with E-state index in [0.29, 0.717) is 11.3 Å². The SMILES string of the molecule is NOC(=O)C=Cc1ccc(S(=O)(=O)Nc2ccccc2)cc1. The van der Waals surface area contributed by atoms with Gasteiger partial charge in [0.05, 0.1) is 4.90 Å². The molecule has 0 spiro atoms. The Morgan fingerprint density at radius 1 is 1.05 bits per heavy atom. The van der Waals surface area contributed by atoms with Gasteiger partial charge in [-0.1, -0.05) is 30.3 Å². The lowest BCUT2D eigenvalue weighted by molar-refractivity contribution is -0.138. The highest BCUT2D eigenvalue weighted by Crippen LogP contribution is 2.16. The largest absolute Gasteiger partial charge is 0.370 e. The zero-order valence-corrected chi connectivity index (χ0v) is 12.3. The van der Waals surface area contributed by atoms with Gasteiger partial charge in [0.1, 0.15) is 0 Å². The quantitative estimate of drug-likeness (QED) is 0.648. The first-order valence-corrected chi connectivity index (χ1v) is 7.76. The molecule has 0 aliphatic carbocycles. The Hall–Kier alpha value is -2.64. The van der Waals surface area contributed by atoms with Crippen LogP contribution in [0.4, 0.5) is 5.69 Å². The Labute approximate surface area is 128 Å². The van der Waals surface area contributed by atoms with Gasteiger partial charge in [-0.15, -0.1) is 0 Å².